The molecule has 1 saturated heterocycles. The molecule has 1 saturated carbocycles. The van der Waals surface area contributed by atoms with Gasteiger partial charge in [0.05, 0.1) is 0 Å². The highest BCUT2D eigenvalue weighted by Gasteiger charge is 2.32. The minimum Gasteiger partial charge on any atom is -0.384 e. The fourth-order valence-corrected chi connectivity index (χ4v) is 4.05. The maximum Gasteiger partial charge on any atom is 0.251 e. The van der Waals surface area contributed by atoms with Crippen LogP contribution >= 0.6 is 0 Å². The summed E-state index contributed by atoms with van der Waals surface area (Å²) in [6.45, 7) is 10.7. The Kier molecular flexibility index (Phi) is 6.29. The molecule has 0 radical (unpaired) electrons. The molecular weight excluding hydrogens is 304 g/mol. The number of piperazine rings is 1. The molecule has 2 aliphatic rings. The first-order valence-corrected chi connectivity index (χ1v) is 9.43. The summed E-state index contributed by atoms with van der Waals surface area (Å²) >= 11 is 0. The van der Waals surface area contributed by atoms with Crippen molar-refractivity contribution in [2.24, 2.45) is 17.3 Å². The second kappa shape index (κ2) is 7.85. The second-order valence-electron chi connectivity index (χ2n) is 8.67. The zero-order valence-electron chi connectivity index (χ0n) is 15.8. The third-order valence-corrected chi connectivity index (χ3v) is 5.84. The number of amides is 2. The van der Waals surface area contributed by atoms with Crippen molar-refractivity contribution in [1.82, 2.24) is 9.80 Å². The first-order chi connectivity index (χ1) is 11.2. The normalized spacial score (nSPS) is 27.0. The molecule has 5 nitrogen and oxygen atoms in total. The number of carbonyl (C=O) groups is 2. The van der Waals surface area contributed by atoms with E-state index >= 15 is 0 Å². The average Bonchev–Trinajstić information content (AvgIpc) is 2.54. The van der Waals surface area contributed by atoms with E-state index in [1.165, 1.54) is 19.8 Å². The molecule has 0 aromatic rings. The van der Waals surface area contributed by atoms with Gasteiger partial charge in [-0.25, -0.2) is 0 Å². The molecule has 1 aliphatic carbocycles. The molecule has 0 aromatic heterocycles. The molecule has 1 atom stereocenters. The van der Waals surface area contributed by atoms with Crippen molar-refractivity contribution in [3.05, 3.63) is 0 Å². The van der Waals surface area contributed by atoms with Crippen molar-refractivity contribution in [2.75, 3.05) is 26.2 Å². The van der Waals surface area contributed by atoms with Gasteiger partial charge in [-0.15, -0.1) is 0 Å². The Bertz CT molecular complexity index is 440. The van der Waals surface area contributed by atoms with Crippen LogP contribution in [-0.2, 0) is 9.59 Å². The number of rotatable bonds is 3. The monoisotopic (exact) mass is 338 g/mol. The number of aliphatic hydroxyl groups is 1. The summed E-state index contributed by atoms with van der Waals surface area (Å²) in [4.78, 5) is 27.8. The summed E-state index contributed by atoms with van der Waals surface area (Å²) in [6.07, 6.45) is 4.49. The number of carbonyl (C=O) groups excluding carboxylic acids is 2. The fraction of sp³-hybridized carbons (Fsp3) is 0.895. The molecule has 5 heteroatoms. The standard InChI is InChI=1S/C19H34N2O3/c1-14(22)18(24)21-11-9-20(10-12-21)17(23)13-15-5-7-16(8-6-15)19(2,3)4/h14-16,22H,5-13H2,1-4H3/t14-,15?,16?/m0/s1. The van der Waals surface area contributed by atoms with Crippen LogP contribution in [0.15, 0.2) is 0 Å². The predicted octanol–water partition coefficient (Wildman–Crippen LogP) is 2.28. The van der Waals surface area contributed by atoms with E-state index in [9.17, 15) is 14.7 Å². The lowest BCUT2D eigenvalue weighted by atomic mass is 9.69. The Hall–Kier alpha value is -1.10. The molecular formula is C19H34N2O3. The lowest BCUT2D eigenvalue weighted by Gasteiger charge is -2.38. The predicted molar refractivity (Wildman–Crippen MR) is 94.4 cm³/mol. The number of nitrogens with zero attached hydrogens (tertiary/aromatic N) is 2. The number of hydrogen-bond acceptors (Lipinski definition) is 3. The topological polar surface area (TPSA) is 60.9 Å². The van der Waals surface area contributed by atoms with Crippen molar-refractivity contribution in [3.63, 3.8) is 0 Å². The SMILES string of the molecule is C[C@H](O)C(=O)N1CCN(C(=O)CC2CCC(C(C)(C)C)CC2)CC1. The van der Waals surface area contributed by atoms with Gasteiger partial charge >= 0.3 is 0 Å². The van der Waals surface area contributed by atoms with Gasteiger partial charge in [0.1, 0.15) is 6.10 Å². The molecule has 138 valence electrons. The maximum atomic E-state index is 12.5. The Morgan fingerprint density at radius 2 is 1.50 bits per heavy atom. The molecule has 2 fully saturated rings. The molecule has 24 heavy (non-hydrogen) atoms. The lowest BCUT2D eigenvalue weighted by molar-refractivity contribution is -0.145. The van der Waals surface area contributed by atoms with Crippen LogP contribution in [0.25, 0.3) is 0 Å². The van der Waals surface area contributed by atoms with Crippen LogP contribution < -0.4 is 0 Å². The molecule has 1 N–H and O–H groups in total. The molecule has 2 amide bonds. The number of aliphatic hydroxyl groups excluding tert-OH is 1. The summed E-state index contributed by atoms with van der Waals surface area (Å²) in [5.74, 6) is 1.30. The van der Waals surface area contributed by atoms with Crippen molar-refractivity contribution in [3.8, 4) is 0 Å². The summed E-state index contributed by atoms with van der Waals surface area (Å²) in [6, 6.07) is 0. The molecule has 0 unspecified atom stereocenters. The first-order valence-electron chi connectivity index (χ1n) is 9.43. The van der Waals surface area contributed by atoms with Gasteiger partial charge in [-0.3, -0.25) is 9.59 Å². The van der Waals surface area contributed by atoms with Gasteiger partial charge < -0.3 is 14.9 Å². The third-order valence-electron chi connectivity index (χ3n) is 5.84. The second-order valence-corrected chi connectivity index (χ2v) is 8.67. The Morgan fingerprint density at radius 3 is 1.96 bits per heavy atom. The van der Waals surface area contributed by atoms with E-state index in [0.29, 0.717) is 43.9 Å². The van der Waals surface area contributed by atoms with Gasteiger partial charge in [0.15, 0.2) is 0 Å². The van der Waals surface area contributed by atoms with Gasteiger partial charge in [-0.05, 0) is 49.9 Å². The number of hydrogen-bond donors (Lipinski definition) is 1. The van der Waals surface area contributed by atoms with Gasteiger partial charge in [0, 0.05) is 32.6 Å². The highest BCUT2D eigenvalue weighted by atomic mass is 16.3. The largest absolute Gasteiger partial charge is 0.384 e. The van der Waals surface area contributed by atoms with Gasteiger partial charge in [0.25, 0.3) is 5.91 Å². The molecule has 1 heterocycles. The van der Waals surface area contributed by atoms with Crippen LogP contribution in [0.1, 0.15) is 59.8 Å². The van der Waals surface area contributed by atoms with E-state index in [1.807, 2.05) is 4.90 Å². The summed E-state index contributed by atoms with van der Waals surface area (Å²) < 4.78 is 0. The smallest absolute Gasteiger partial charge is 0.251 e. The quantitative estimate of drug-likeness (QED) is 0.859. The molecule has 0 bridgehead atoms. The summed E-state index contributed by atoms with van der Waals surface area (Å²) in [5, 5.41) is 9.37. The molecule has 1 aliphatic heterocycles. The van der Waals surface area contributed by atoms with Crippen LogP contribution in [0.4, 0.5) is 0 Å². The minimum atomic E-state index is -0.953. The van der Waals surface area contributed by atoms with Gasteiger partial charge in [0.2, 0.25) is 5.91 Å². The van der Waals surface area contributed by atoms with Crippen LogP contribution in [0.3, 0.4) is 0 Å². The highest BCUT2D eigenvalue weighted by molar-refractivity contribution is 5.81. The van der Waals surface area contributed by atoms with Crippen LogP contribution in [-0.4, -0.2) is 59.0 Å². The average molecular weight is 338 g/mol. The van der Waals surface area contributed by atoms with Crippen LogP contribution in [0, 0.1) is 17.3 Å². The highest BCUT2D eigenvalue weighted by Crippen LogP contribution is 2.40. The van der Waals surface area contributed by atoms with Gasteiger partial charge in [-0.2, -0.15) is 0 Å². The van der Waals surface area contributed by atoms with Crippen molar-refractivity contribution in [2.45, 2.75) is 65.9 Å². The van der Waals surface area contributed by atoms with Gasteiger partial charge in [-0.1, -0.05) is 20.8 Å². The molecule has 0 aromatic carbocycles. The van der Waals surface area contributed by atoms with E-state index in [2.05, 4.69) is 20.8 Å². The third kappa shape index (κ3) is 4.95. The molecule has 2 rings (SSSR count). The molecule has 0 spiro atoms. The van der Waals surface area contributed by atoms with E-state index in [1.54, 1.807) is 4.90 Å². The summed E-state index contributed by atoms with van der Waals surface area (Å²) in [5.41, 5.74) is 0.377. The zero-order chi connectivity index (χ0) is 17.9. The van der Waals surface area contributed by atoms with E-state index in [0.717, 1.165) is 18.8 Å². The zero-order valence-corrected chi connectivity index (χ0v) is 15.8. The van der Waals surface area contributed by atoms with E-state index in [4.69, 9.17) is 0 Å². The Morgan fingerprint density at radius 1 is 1.00 bits per heavy atom. The maximum absolute atomic E-state index is 12.5. The van der Waals surface area contributed by atoms with Crippen molar-refractivity contribution < 1.29 is 14.7 Å². The fourth-order valence-electron chi connectivity index (χ4n) is 4.05. The van der Waals surface area contributed by atoms with Crippen LogP contribution in [0.5, 0.6) is 0 Å². The first kappa shape index (κ1) is 19.2. The van der Waals surface area contributed by atoms with E-state index in [-0.39, 0.29) is 11.8 Å². The summed E-state index contributed by atoms with van der Waals surface area (Å²) in [7, 11) is 0. The minimum absolute atomic E-state index is 0.234. The van der Waals surface area contributed by atoms with E-state index < -0.39 is 6.10 Å². The van der Waals surface area contributed by atoms with Crippen LogP contribution in [0.2, 0.25) is 0 Å². The van der Waals surface area contributed by atoms with Crippen molar-refractivity contribution in [1.29, 1.82) is 0 Å². The Labute approximate surface area is 146 Å². The Balaban J connectivity index is 1.74. The lowest BCUT2D eigenvalue weighted by Crippen LogP contribution is -2.52. The van der Waals surface area contributed by atoms with Crippen molar-refractivity contribution >= 4 is 11.8 Å².